The minimum absolute atomic E-state index is 0.628. The first-order valence-corrected chi connectivity index (χ1v) is 5.15. The van der Waals surface area contributed by atoms with Gasteiger partial charge in [-0.3, -0.25) is 0 Å². The monoisotopic (exact) mass is 169 g/mol. The molecule has 2 fully saturated rings. The molecular formula is C10H19NO. The van der Waals surface area contributed by atoms with Crippen LogP contribution in [0, 0.1) is 11.8 Å². The van der Waals surface area contributed by atoms with Crippen LogP contribution in [0.4, 0.5) is 0 Å². The molecule has 2 rings (SSSR count). The zero-order valence-electron chi connectivity index (χ0n) is 7.88. The number of hydrogen-bond acceptors (Lipinski definition) is 2. The highest BCUT2D eigenvalue weighted by atomic mass is 16.5. The number of likely N-dealkylation sites (N-methyl/N-ethyl adjacent to an activating group) is 1. The van der Waals surface area contributed by atoms with Crippen LogP contribution in [0.5, 0.6) is 0 Å². The fourth-order valence-corrected chi connectivity index (χ4v) is 1.60. The van der Waals surface area contributed by atoms with Crippen molar-refractivity contribution in [1.82, 2.24) is 5.32 Å². The van der Waals surface area contributed by atoms with Crippen LogP contribution in [0.1, 0.15) is 25.7 Å². The highest BCUT2D eigenvalue weighted by Crippen LogP contribution is 2.33. The molecule has 2 nitrogen and oxygen atoms in total. The molecule has 2 aliphatic rings. The summed E-state index contributed by atoms with van der Waals surface area (Å²) in [6.07, 6.45) is 5.60. The first kappa shape index (κ1) is 8.52. The lowest BCUT2D eigenvalue weighted by molar-refractivity contribution is 0.0991. The van der Waals surface area contributed by atoms with Gasteiger partial charge in [0, 0.05) is 12.6 Å². The molecule has 12 heavy (non-hydrogen) atoms. The molecule has 0 radical (unpaired) electrons. The average molecular weight is 169 g/mol. The maximum Gasteiger partial charge on any atom is 0.0622 e. The van der Waals surface area contributed by atoms with Gasteiger partial charge in [0.2, 0.25) is 0 Å². The fraction of sp³-hybridized carbons (Fsp3) is 1.00. The molecule has 1 N–H and O–H groups in total. The van der Waals surface area contributed by atoms with Gasteiger partial charge in [0.25, 0.3) is 0 Å². The quantitative estimate of drug-likeness (QED) is 0.649. The Morgan fingerprint density at radius 2 is 2.08 bits per heavy atom. The molecule has 70 valence electrons. The first-order valence-electron chi connectivity index (χ1n) is 5.15. The van der Waals surface area contributed by atoms with E-state index in [0.29, 0.717) is 6.04 Å². The highest BCUT2D eigenvalue weighted by molar-refractivity contribution is 4.85. The van der Waals surface area contributed by atoms with Crippen molar-refractivity contribution in [2.24, 2.45) is 11.8 Å². The molecule has 0 aromatic rings. The largest absolute Gasteiger partial charge is 0.380 e. The third kappa shape index (κ3) is 2.46. The Labute approximate surface area is 74.7 Å². The topological polar surface area (TPSA) is 21.3 Å². The van der Waals surface area contributed by atoms with Gasteiger partial charge in [-0.2, -0.15) is 0 Å². The molecule has 1 unspecified atom stereocenters. The molecule has 0 saturated heterocycles. The fourth-order valence-electron chi connectivity index (χ4n) is 1.60. The first-order chi connectivity index (χ1) is 5.90. The van der Waals surface area contributed by atoms with E-state index in [1.165, 1.54) is 25.7 Å². The number of ether oxygens (including phenoxy) is 1. The molecule has 1 atom stereocenters. The Bertz CT molecular complexity index is 141. The van der Waals surface area contributed by atoms with Gasteiger partial charge in [-0.05, 0) is 44.6 Å². The van der Waals surface area contributed by atoms with Gasteiger partial charge < -0.3 is 10.1 Å². The van der Waals surface area contributed by atoms with Crippen LogP contribution in [0.2, 0.25) is 0 Å². The predicted molar refractivity (Wildman–Crippen MR) is 49.1 cm³/mol. The van der Waals surface area contributed by atoms with Crippen LogP contribution in [-0.2, 0) is 4.74 Å². The number of rotatable bonds is 6. The van der Waals surface area contributed by atoms with Crippen molar-refractivity contribution in [1.29, 1.82) is 0 Å². The molecule has 2 saturated carbocycles. The van der Waals surface area contributed by atoms with Crippen molar-refractivity contribution < 1.29 is 4.74 Å². The second-order valence-corrected chi connectivity index (χ2v) is 4.21. The van der Waals surface area contributed by atoms with Crippen LogP contribution >= 0.6 is 0 Å². The van der Waals surface area contributed by atoms with Crippen molar-refractivity contribution in [2.75, 3.05) is 20.3 Å². The third-order valence-corrected chi connectivity index (χ3v) is 2.91. The van der Waals surface area contributed by atoms with Gasteiger partial charge in [0.15, 0.2) is 0 Å². The molecule has 2 aliphatic carbocycles. The van der Waals surface area contributed by atoms with E-state index in [1.807, 2.05) is 7.05 Å². The SMILES string of the molecule is CNC(COCC1CC1)C1CC1. The van der Waals surface area contributed by atoms with Gasteiger partial charge in [-0.25, -0.2) is 0 Å². The third-order valence-electron chi connectivity index (χ3n) is 2.91. The Hall–Kier alpha value is -0.0800. The van der Waals surface area contributed by atoms with Gasteiger partial charge >= 0.3 is 0 Å². The Morgan fingerprint density at radius 1 is 1.33 bits per heavy atom. The Kier molecular flexibility index (Phi) is 2.66. The van der Waals surface area contributed by atoms with E-state index in [2.05, 4.69) is 5.32 Å². The smallest absolute Gasteiger partial charge is 0.0622 e. The zero-order chi connectivity index (χ0) is 8.39. The summed E-state index contributed by atoms with van der Waals surface area (Å²) in [6.45, 7) is 1.93. The van der Waals surface area contributed by atoms with Crippen molar-refractivity contribution >= 4 is 0 Å². The lowest BCUT2D eigenvalue weighted by atomic mass is 10.2. The summed E-state index contributed by atoms with van der Waals surface area (Å²) in [6, 6.07) is 0.628. The zero-order valence-corrected chi connectivity index (χ0v) is 7.88. The molecular weight excluding hydrogens is 150 g/mol. The Balaban J connectivity index is 1.55. The van der Waals surface area contributed by atoms with Crippen molar-refractivity contribution in [3.63, 3.8) is 0 Å². The van der Waals surface area contributed by atoms with Gasteiger partial charge in [-0.15, -0.1) is 0 Å². The van der Waals surface area contributed by atoms with Gasteiger partial charge in [0.1, 0.15) is 0 Å². The lowest BCUT2D eigenvalue weighted by Gasteiger charge is -2.14. The van der Waals surface area contributed by atoms with E-state index >= 15 is 0 Å². The van der Waals surface area contributed by atoms with Crippen molar-refractivity contribution in [3.8, 4) is 0 Å². The molecule has 2 heteroatoms. The summed E-state index contributed by atoms with van der Waals surface area (Å²) in [5.74, 6) is 1.82. The van der Waals surface area contributed by atoms with Crippen LogP contribution in [-0.4, -0.2) is 26.3 Å². The maximum absolute atomic E-state index is 5.65. The number of hydrogen-bond donors (Lipinski definition) is 1. The van der Waals surface area contributed by atoms with Crippen LogP contribution in [0.25, 0.3) is 0 Å². The van der Waals surface area contributed by atoms with E-state index < -0.39 is 0 Å². The maximum atomic E-state index is 5.65. The second kappa shape index (κ2) is 3.75. The highest BCUT2D eigenvalue weighted by Gasteiger charge is 2.30. The molecule has 0 aromatic carbocycles. The molecule has 0 aliphatic heterocycles. The minimum atomic E-state index is 0.628. The van der Waals surface area contributed by atoms with E-state index in [0.717, 1.165) is 25.0 Å². The number of nitrogens with one attached hydrogen (secondary N) is 1. The molecule has 0 aromatic heterocycles. The summed E-state index contributed by atoms with van der Waals surface area (Å²) < 4.78 is 5.65. The predicted octanol–water partition coefficient (Wildman–Crippen LogP) is 1.41. The van der Waals surface area contributed by atoms with Gasteiger partial charge in [-0.1, -0.05) is 0 Å². The summed E-state index contributed by atoms with van der Waals surface area (Å²) in [4.78, 5) is 0. The normalized spacial score (nSPS) is 25.8. The second-order valence-electron chi connectivity index (χ2n) is 4.21. The van der Waals surface area contributed by atoms with E-state index in [1.54, 1.807) is 0 Å². The molecule has 0 spiro atoms. The standard InChI is InChI=1S/C10H19NO/c1-11-10(9-4-5-9)7-12-6-8-2-3-8/h8-11H,2-7H2,1H3. The summed E-state index contributed by atoms with van der Waals surface area (Å²) in [5, 5.41) is 3.33. The van der Waals surface area contributed by atoms with Gasteiger partial charge in [0.05, 0.1) is 6.61 Å². The summed E-state index contributed by atoms with van der Waals surface area (Å²) in [5.41, 5.74) is 0. The van der Waals surface area contributed by atoms with Crippen LogP contribution < -0.4 is 5.32 Å². The summed E-state index contributed by atoms with van der Waals surface area (Å²) in [7, 11) is 2.05. The van der Waals surface area contributed by atoms with E-state index in [4.69, 9.17) is 4.74 Å². The molecule has 0 heterocycles. The molecule has 0 bridgehead atoms. The minimum Gasteiger partial charge on any atom is -0.380 e. The van der Waals surface area contributed by atoms with Crippen LogP contribution in [0.15, 0.2) is 0 Å². The summed E-state index contributed by atoms with van der Waals surface area (Å²) >= 11 is 0. The molecule has 0 amide bonds. The Morgan fingerprint density at radius 3 is 2.58 bits per heavy atom. The van der Waals surface area contributed by atoms with E-state index in [9.17, 15) is 0 Å². The average Bonchev–Trinajstić information content (AvgIpc) is 2.87. The van der Waals surface area contributed by atoms with Crippen molar-refractivity contribution in [2.45, 2.75) is 31.7 Å². The van der Waals surface area contributed by atoms with Crippen LogP contribution in [0.3, 0.4) is 0 Å². The van der Waals surface area contributed by atoms with E-state index in [-0.39, 0.29) is 0 Å². The van der Waals surface area contributed by atoms with Crippen molar-refractivity contribution in [3.05, 3.63) is 0 Å². The lowest BCUT2D eigenvalue weighted by Crippen LogP contribution is -2.32.